The predicted octanol–water partition coefficient (Wildman–Crippen LogP) is 2.02. The zero-order valence-corrected chi connectivity index (χ0v) is 9.56. The number of hydrogen-bond acceptors (Lipinski definition) is 2. The predicted molar refractivity (Wildman–Crippen MR) is 65.8 cm³/mol. The molecule has 1 aromatic carbocycles. The molecule has 0 bridgehead atoms. The van der Waals surface area contributed by atoms with Gasteiger partial charge < -0.3 is 5.32 Å². The molecule has 0 atom stereocenters. The fourth-order valence-electron chi connectivity index (χ4n) is 1.62. The van der Waals surface area contributed by atoms with E-state index in [-0.39, 0.29) is 0 Å². The summed E-state index contributed by atoms with van der Waals surface area (Å²) in [4.78, 5) is 0. The molecular weight excluding hydrogens is 198 g/mol. The van der Waals surface area contributed by atoms with Crippen molar-refractivity contribution in [2.45, 2.75) is 13.3 Å². The molecule has 0 aliphatic rings. The van der Waals surface area contributed by atoms with E-state index in [1.54, 1.807) is 0 Å². The van der Waals surface area contributed by atoms with Crippen molar-refractivity contribution in [2.75, 3.05) is 13.1 Å². The molecule has 0 aliphatic carbocycles. The highest BCUT2D eigenvalue weighted by molar-refractivity contribution is 5.30. The van der Waals surface area contributed by atoms with Crippen molar-refractivity contribution in [3.8, 4) is 5.69 Å². The lowest BCUT2D eigenvalue weighted by Gasteiger charge is -2.00. The summed E-state index contributed by atoms with van der Waals surface area (Å²) in [6.07, 6.45) is 5.05. The molecule has 84 valence electrons. The van der Waals surface area contributed by atoms with Gasteiger partial charge in [0.15, 0.2) is 0 Å². The monoisotopic (exact) mass is 215 g/mol. The summed E-state index contributed by atoms with van der Waals surface area (Å²) in [5, 5.41) is 7.66. The van der Waals surface area contributed by atoms with Gasteiger partial charge in [-0.15, -0.1) is 0 Å². The number of aromatic nitrogens is 2. The van der Waals surface area contributed by atoms with Gasteiger partial charge in [0.1, 0.15) is 0 Å². The maximum absolute atomic E-state index is 4.35. The molecule has 1 N–H and O–H groups in total. The number of para-hydroxylation sites is 1. The first-order chi connectivity index (χ1) is 7.90. The van der Waals surface area contributed by atoms with Gasteiger partial charge in [-0.05, 0) is 37.2 Å². The Morgan fingerprint density at radius 1 is 1.25 bits per heavy atom. The molecule has 0 amide bonds. The van der Waals surface area contributed by atoms with Crippen molar-refractivity contribution in [3.63, 3.8) is 0 Å². The second kappa shape index (κ2) is 5.47. The Hall–Kier alpha value is -1.61. The van der Waals surface area contributed by atoms with Gasteiger partial charge in [0.2, 0.25) is 0 Å². The molecule has 0 unspecified atom stereocenters. The minimum absolute atomic E-state index is 1.01. The highest BCUT2D eigenvalue weighted by Gasteiger charge is 1.99. The Bertz CT molecular complexity index is 420. The molecule has 3 heteroatoms. The normalized spacial score (nSPS) is 10.6. The summed E-state index contributed by atoms with van der Waals surface area (Å²) in [5.41, 5.74) is 2.38. The largest absolute Gasteiger partial charge is 0.317 e. The highest BCUT2D eigenvalue weighted by atomic mass is 15.3. The molecule has 0 saturated heterocycles. The maximum atomic E-state index is 4.35. The van der Waals surface area contributed by atoms with E-state index in [4.69, 9.17) is 0 Å². The molecule has 0 saturated carbocycles. The Kier molecular flexibility index (Phi) is 3.72. The fraction of sp³-hybridized carbons (Fsp3) is 0.308. The van der Waals surface area contributed by atoms with Crippen molar-refractivity contribution in [1.82, 2.24) is 15.1 Å². The first-order valence-corrected chi connectivity index (χ1v) is 5.70. The van der Waals surface area contributed by atoms with E-state index in [0.717, 1.165) is 25.2 Å². The number of likely N-dealkylation sites (N-methyl/N-ethyl adjacent to an activating group) is 1. The number of hydrogen-bond donors (Lipinski definition) is 1. The van der Waals surface area contributed by atoms with Crippen molar-refractivity contribution in [3.05, 3.63) is 48.3 Å². The molecule has 2 rings (SSSR count). The summed E-state index contributed by atoms with van der Waals surface area (Å²) < 4.78 is 1.92. The Morgan fingerprint density at radius 3 is 2.81 bits per heavy atom. The second-order valence-electron chi connectivity index (χ2n) is 3.73. The minimum Gasteiger partial charge on any atom is -0.317 e. The average molecular weight is 215 g/mol. The van der Waals surface area contributed by atoms with Gasteiger partial charge in [-0.1, -0.05) is 25.1 Å². The summed E-state index contributed by atoms with van der Waals surface area (Å²) in [6, 6.07) is 10.2. The lowest BCUT2D eigenvalue weighted by atomic mass is 10.2. The van der Waals surface area contributed by atoms with Crippen LogP contribution in [-0.2, 0) is 6.42 Å². The van der Waals surface area contributed by atoms with E-state index in [1.807, 2.05) is 29.1 Å². The van der Waals surface area contributed by atoms with Crippen LogP contribution in [0.15, 0.2) is 42.7 Å². The van der Waals surface area contributed by atoms with Crippen LogP contribution in [0.3, 0.4) is 0 Å². The van der Waals surface area contributed by atoms with Crippen LogP contribution in [-0.4, -0.2) is 22.9 Å². The molecule has 2 aromatic rings. The third kappa shape index (κ3) is 2.70. The van der Waals surface area contributed by atoms with Crippen LogP contribution in [0.2, 0.25) is 0 Å². The van der Waals surface area contributed by atoms with Gasteiger partial charge in [-0.25, -0.2) is 4.68 Å². The molecule has 0 spiro atoms. The molecular formula is C13H17N3. The lowest BCUT2D eigenvalue weighted by Crippen LogP contribution is -2.15. The van der Waals surface area contributed by atoms with Crippen LogP contribution in [0.25, 0.3) is 5.69 Å². The maximum Gasteiger partial charge on any atom is 0.0645 e. The summed E-state index contributed by atoms with van der Waals surface area (Å²) in [6.45, 7) is 4.15. The molecule has 1 aromatic heterocycles. The Morgan fingerprint density at radius 2 is 2.06 bits per heavy atom. The Balaban J connectivity index is 2.02. The molecule has 0 aliphatic heterocycles. The fourth-order valence-corrected chi connectivity index (χ4v) is 1.62. The van der Waals surface area contributed by atoms with E-state index in [0.29, 0.717) is 0 Å². The lowest BCUT2D eigenvalue weighted by molar-refractivity contribution is 0.716. The zero-order chi connectivity index (χ0) is 11.2. The third-order valence-corrected chi connectivity index (χ3v) is 2.50. The molecule has 1 heterocycles. The smallest absolute Gasteiger partial charge is 0.0645 e. The van der Waals surface area contributed by atoms with Crippen molar-refractivity contribution < 1.29 is 0 Å². The van der Waals surface area contributed by atoms with E-state index < -0.39 is 0 Å². The van der Waals surface area contributed by atoms with Crippen LogP contribution >= 0.6 is 0 Å². The number of nitrogens with one attached hydrogen (secondary N) is 1. The minimum atomic E-state index is 1.01. The van der Waals surface area contributed by atoms with Crippen LogP contribution in [0.4, 0.5) is 0 Å². The van der Waals surface area contributed by atoms with Gasteiger partial charge >= 0.3 is 0 Å². The van der Waals surface area contributed by atoms with Crippen molar-refractivity contribution in [1.29, 1.82) is 0 Å². The molecule has 16 heavy (non-hydrogen) atoms. The van der Waals surface area contributed by atoms with Gasteiger partial charge in [0.25, 0.3) is 0 Å². The summed E-state index contributed by atoms with van der Waals surface area (Å²) >= 11 is 0. The number of benzene rings is 1. The van der Waals surface area contributed by atoms with E-state index >= 15 is 0 Å². The standard InChI is InChI=1S/C13H17N3/c1-2-14-9-8-12-10-15-16(11-12)13-6-4-3-5-7-13/h3-7,10-11,14H,2,8-9H2,1H3. The number of nitrogens with zero attached hydrogens (tertiary/aromatic N) is 2. The average Bonchev–Trinajstić information content (AvgIpc) is 2.79. The van der Waals surface area contributed by atoms with Gasteiger partial charge in [0, 0.05) is 6.20 Å². The summed E-state index contributed by atoms with van der Waals surface area (Å²) in [5.74, 6) is 0. The van der Waals surface area contributed by atoms with E-state index in [9.17, 15) is 0 Å². The van der Waals surface area contributed by atoms with Gasteiger partial charge in [-0.2, -0.15) is 5.10 Å². The SMILES string of the molecule is CCNCCc1cnn(-c2ccccc2)c1. The van der Waals surface area contributed by atoms with Crippen molar-refractivity contribution in [2.24, 2.45) is 0 Å². The van der Waals surface area contributed by atoms with Crippen LogP contribution in [0.5, 0.6) is 0 Å². The quantitative estimate of drug-likeness (QED) is 0.773. The zero-order valence-electron chi connectivity index (χ0n) is 9.56. The second-order valence-corrected chi connectivity index (χ2v) is 3.73. The molecule has 0 fully saturated rings. The summed E-state index contributed by atoms with van der Waals surface area (Å²) in [7, 11) is 0. The van der Waals surface area contributed by atoms with Gasteiger partial charge in [-0.3, -0.25) is 0 Å². The van der Waals surface area contributed by atoms with Crippen LogP contribution in [0, 0.1) is 0 Å². The Labute approximate surface area is 96.1 Å². The topological polar surface area (TPSA) is 29.9 Å². The van der Waals surface area contributed by atoms with Crippen molar-refractivity contribution >= 4 is 0 Å². The first-order valence-electron chi connectivity index (χ1n) is 5.70. The van der Waals surface area contributed by atoms with Crippen LogP contribution in [0.1, 0.15) is 12.5 Å². The third-order valence-electron chi connectivity index (χ3n) is 2.50. The number of rotatable bonds is 5. The van der Waals surface area contributed by atoms with E-state index in [2.05, 4.69) is 35.7 Å². The first kappa shape index (κ1) is 10.9. The molecule has 3 nitrogen and oxygen atoms in total. The molecule has 0 radical (unpaired) electrons. The van der Waals surface area contributed by atoms with E-state index in [1.165, 1.54) is 5.56 Å². The van der Waals surface area contributed by atoms with Crippen LogP contribution < -0.4 is 5.32 Å². The highest BCUT2D eigenvalue weighted by Crippen LogP contribution is 2.07. The van der Waals surface area contributed by atoms with Gasteiger partial charge in [0.05, 0.1) is 11.9 Å².